The summed E-state index contributed by atoms with van der Waals surface area (Å²) in [6.45, 7) is 2.96. The van der Waals surface area contributed by atoms with E-state index in [9.17, 15) is 9.90 Å². The molecule has 1 aliphatic heterocycles. The van der Waals surface area contributed by atoms with Crippen molar-refractivity contribution < 1.29 is 15.0 Å². The van der Waals surface area contributed by atoms with Crippen LogP contribution in [0, 0.1) is 17.8 Å². The fraction of sp³-hybridized carbons (Fsp3) is 0.533. The van der Waals surface area contributed by atoms with Crippen LogP contribution in [-0.4, -0.2) is 46.8 Å². The SMILES string of the molecule is CC(O)C1CCN(C(=O)c2sccc2C#CCO)CC1. The van der Waals surface area contributed by atoms with E-state index in [1.807, 2.05) is 23.3 Å². The highest BCUT2D eigenvalue weighted by molar-refractivity contribution is 7.12. The van der Waals surface area contributed by atoms with Crippen molar-refractivity contribution >= 4 is 17.2 Å². The molecule has 2 rings (SSSR count). The number of aliphatic hydroxyl groups excluding tert-OH is 2. The molecule has 0 spiro atoms. The van der Waals surface area contributed by atoms with Crippen molar-refractivity contribution in [3.05, 3.63) is 21.9 Å². The number of carbonyl (C=O) groups excluding carboxylic acids is 1. The molecule has 20 heavy (non-hydrogen) atoms. The van der Waals surface area contributed by atoms with Gasteiger partial charge in [0.2, 0.25) is 0 Å². The zero-order valence-corrected chi connectivity index (χ0v) is 12.3. The third-order valence-electron chi connectivity index (χ3n) is 3.67. The number of thiophene rings is 1. The second-order valence-corrected chi connectivity index (χ2v) is 5.91. The molecule has 1 fully saturated rings. The summed E-state index contributed by atoms with van der Waals surface area (Å²) in [4.78, 5) is 14.9. The summed E-state index contributed by atoms with van der Waals surface area (Å²) in [5, 5.41) is 20.2. The van der Waals surface area contributed by atoms with E-state index in [2.05, 4.69) is 11.8 Å². The Kier molecular flexibility index (Phi) is 5.18. The molecule has 1 unspecified atom stereocenters. The van der Waals surface area contributed by atoms with E-state index in [1.54, 1.807) is 0 Å². The minimum absolute atomic E-state index is 0.00582. The lowest BCUT2D eigenvalue weighted by atomic mass is 9.92. The van der Waals surface area contributed by atoms with Crippen LogP contribution in [0.1, 0.15) is 35.0 Å². The first kappa shape index (κ1) is 15.0. The Balaban J connectivity index is 2.04. The van der Waals surface area contributed by atoms with E-state index in [0.29, 0.717) is 23.5 Å². The predicted octanol–water partition coefficient (Wildman–Crippen LogP) is 1.32. The molecule has 0 aliphatic carbocycles. The van der Waals surface area contributed by atoms with Gasteiger partial charge in [0.1, 0.15) is 11.5 Å². The minimum Gasteiger partial charge on any atom is -0.393 e. The molecule has 1 amide bonds. The number of carbonyl (C=O) groups is 1. The van der Waals surface area contributed by atoms with Gasteiger partial charge in [0, 0.05) is 18.7 Å². The standard InChI is InChI=1S/C15H19NO3S/c1-11(18)12-4-7-16(8-5-12)15(19)14-13(3-2-9-17)6-10-20-14/h6,10-12,17-18H,4-5,7-9H2,1H3. The molecule has 2 N–H and O–H groups in total. The predicted molar refractivity (Wildman–Crippen MR) is 78.6 cm³/mol. The summed E-state index contributed by atoms with van der Waals surface area (Å²) in [5.74, 6) is 5.69. The molecule has 5 heteroatoms. The lowest BCUT2D eigenvalue weighted by Crippen LogP contribution is -2.40. The van der Waals surface area contributed by atoms with Gasteiger partial charge in [0.15, 0.2) is 0 Å². The van der Waals surface area contributed by atoms with E-state index in [4.69, 9.17) is 5.11 Å². The largest absolute Gasteiger partial charge is 0.393 e. The van der Waals surface area contributed by atoms with Crippen LogP contribution < -0.4 is 0 Å². The Morgan fingerprint density at radius 2 is 2.25 bits per heavy atom. The second-order valence-electron chi connectivity index (χ2n) is 4.99. The van der Waals surface area contributed by atoms with Gasteiger partial charge in [-0.3, -0.25) is 4.79 Å². The van der Waals surface area contributed by atoms with Crippen molar-refractivity contribution in [2.75, 3.05) is 19.7 Å². The van der Waals surface area contributed by atoms with Gasteiger partial charge in [-0.1, -0.05) is 11.8 Å². The van der Waals surface area contributed by atoms with Crippen LogP contribution >= 0.6 is 11.3 Å². The summed E-state index contributed by atoms with van der Waals surface area (Å²) in [6.07, 6.45) is 1.37. The van der Waals surface area contributed by atoms with Crippen molar-refractivity contribution in [2.24, 2.45) is 5.92 Å². The molecule has 108 valence electrons. The summed E-state index contributed by atoms with van der Waals surface area (Å²) >= 11 is 1.38. The molecule has 0 radical (unpaired) electrons. The second kappa shape index (κ2) is 6.89. The first-order valence-corrected chi connectivity index (χ1v) is 7.66. The normalized spacial score (nSPS) is 17.4. The van der Waals surface area contributed by atoms with Crippen molar-refractivity contribution in [1.29, 1.82) is 0 Å². The number of nitrogens with zero attached hydrogens (tertiary/aromatic N) is 1. The molecule has 4 nitrogen and oxygen atoms in total. The third kappa shape index (κ3) is 3.40. The molecule has 2 heterocycles. The third-order valence-corrected chi connectivity index (χ3v) is 4.57. The van der Waals surface area contributed by atoms with Gasteiger partial charge in [-0.25, -0.2) is 0 Å². The van der Waals surface area contributed by atoms with Crippen molar-refractivity contribution in [1.82, 2.24) is 4.90 Å². The molecular weight excluding hydrogens is 274 g/mol. The zero-order valence-electron chi connectivity index (χ0n) is 11.5. The Morgan fingerprint density at radius 1 is 1.55 bits per heavy atom. The molecule has 1 aliphatic rings. The summed E-state index contributed by atoms with van der Waals surface area (Å²) < 4.78 is 0. The Labute approximate surface area is 123 Å². The number of aliphatic hydroxyl groups is 2. The van der Waals surface area contributed by atoms with Crippen LogP contribution in [0.25, 0.3) is 0 Å². The van der Waals surface area contributed by atoms with E-state index >= 15 is 0 Å². The first-order chi connectivity index (χ1) is 9.63. The van der Waals surface area contributed by atoms with Crippen molar-refractivity contribution in [3.63, 3.8) is 0 Å². The van der Waals surface area contributed by atoms with Crippen LogP contribution in [-0.2, 0) is 0 Å². The average Bonchev–Trinajstić information content (AvgIpc) is 2.92. The van der Waals surface area contributed by atoms with Gasteiger partial charge in [-0.05, 0) is 37.1 Å². The summed E-state index contributed by atoms with van der Waals surface area (Å²) in [6, 6.07) is 1.81. The van der Waals surface area contributed by atoms with E-state index < -0.39 is 0 Å². The highest BCUT2D eigenvalue weighted by Crippen LogP contribution is 2.24. The minimum atomic E-state index is -0.306. The lowest BCUT2D eigenvalue weighted by Gasteiger charge is -2.33. The highest BCUT2D eigenvalue weighted by atomic mass is 32.1. The van der Waals surface area contributed by atoms with Crippen LogP contribution in [0.15, 0.2) is 11.4 Å². The average molecular weight is 293 g/mol. The van der Waals surface area contributed by atoms with Crippen molar-refractivity contribution in [2.45, 2.75) is 25.9 Å². The van der Waals surface area contributed by atoms with Gasteiger partial charge in [0.05, 0.1) is 6.10 Å². The number of hydrogen-bond acceptors (Lipinski definition) is 4. The van der Waals surface area contributed by atoms with E-state index in [0.717, 1.165) is 12.8 Å². The summed E-state index contributed by atoms with van der Waals surface area (Å²) in [5.41, 5.74) is 0.687. The van der Waals surface area contributed by atoms with Crippen LogP contribution in [0.5, 0.6) is 0 Å². The Hall–Kier alpha value is -1.35. The van der Waals surface area contributed by atoms with Gasteiger partial charge in [-0.2, -0.15) is 0 Å². The maximum absolute atomic E-state index is 12.5. The molecule has 1 aromatic rings. The molecule has 1 atom stereocenters. The lowest BCUT2D eigenvalue weighted by molar-refractivity contribution is 0.0525. The number of piperidine rings is 1. The van der Waals surface area contributed by atoms with Gasteiger partial charge in [-0.15, -0.1) is 11.3 Å². The molecule has 1 saturated heterocycles. The first-order valence-electron chi connectivity index (χ1n) is 6.78. The molecule has 0 bridgehead atoms. The van der Waals surface area contributed by atoms with Crippen LogP contribution in [0.4, 0.5) is 0 Å². The number of likely N-dealkylation sites (tertiary alicyclic amines) is 1. The monoisotopic (exact) mass is 293 g/mol. The van der Waals surface area contributed by atoms with Crippen LogP contribution in [0.3, 0.4) is 0 Å². The van der Waals surface area contributed by atoms with Crippen molar-refractivity contribution in [3.8, 4) is 11.8 Å². The zero-order chi connectivity index (χ0) is 14.5. The van der Waals surface area contributed by atoms with Gasteiger partial charge >= 0.3 is 0 Å². The smallest absolute Gasteiger partial charge is 0.265 e. The summed E-state index contributed by atoms with van der Waals surface area (Å²) in [7, 11) is 0. The van der Waals surface area contributed by atoms with Gasteiger partial charge in [0.25, 0.3) is 5.91 Å². The van der Waals surface area contributed by atoms with E-state index in [1.165, 1.54) is 11.3 Å². The molecule has 1 aromatic heterocycles. The van der Waals surface area contributed by atoms with E-state index in [-0.39, 0.29) is 24.5 Å². The number of amides is 1. The topological polar surface area (TPSA) is 60.8 Å². The maximum Gasteiger partial charge on any atom is 0.265 e. The highest BCUT2D eigenvalue weighted by Gasteiger charge is 2.27. The Morgan fingerprint density at radius 3 is 2.85 bits per heavy atom. The molecular formula is C15H19NO3S. The molecule has 0 saturated carbocycles. The fourth-order valence-electron chi connectivity index (χ4n) is 2.44. The number of hydrogen-bond donors (Lipinski definition) is 2. The van der Waals surface area contributed by atoms with Crippen LogP contribution in [0.2, 0.25) is 0 Å². The quantitative estimate of drug-likeness (QED) is 0.809. The number of rotatable bonds is 2. The maximum atomic E-state index is 12.5. The van der Waals surface area contributed by atoms with Gasteiger partial charge < -0.3 is 15.1 Å². The molecule has 0 aromatic carbocycles. The fourth-order valence-corrected chi connectivity index (χ4v) is 3.25. The Bertz CT molecular complexity index is 519.